The third-order valence-electron chi connectivity index (χ3n) is 3.09. The molecule has 2 rings (SSSR count). The first-order valence-electron chi connectivity index (χ1n) is 6.69. The van der Waals surface area contributed by atoms with Crippen molar-refractivity contribution >= 4 is 5.78 Å². The molecule has 0 atom stereocenters. The van der Waals surface area contributed by atoms with E-state index in [9.17, 15) is 13.6 Å². The zero-order valence-corrected chi connectivity index (χ0v) is 11.7. The van der Waals surface area contributed by atoms with Gasteiger partial charge in [-0.2, -0.15) is 0 Å². The molecule has 110 valence electrons. The van der Waals surface area contributed by atoms with Crippen molar-refractivity contribution in [1.29, 1.82) is 0 Å². The lowest BCUT2D eigenvalue weighted by Crippen LogP contribution is -1.99. The number of carbonyl (C=O) groups is 1. The summed E-state index contributed by atoms with van der Waals surface area (Å²) in [6.07, 6.45) is 1.20. The van der Waals surface area contributed by atoms with Gasteiger partial charge >= 0.3 is 0 Å². The van der Waals surface area contributed by atoms with Crippen molar-refractivity contribution in [3.8, 4) is 5.75 Å². The molecule has 0 saturated carbocycles. The van der Waals surface area contributed by atoms with E-state index in [1.54, 1.807) is 19.1 Å². The lowest BCUT2D eigenvalue weighted by atomic mass is 10.1. The fourth-order valence-corrected chi connectivity index (χ4v) is 1.89. The summed E-state index contributed by atoms with van der Waals surface area (Å²) in [6.45, 7) is 1.53. The summed E-state index contributed by atoms with van der Waals surface area (Å²) in [4.78, 5) is 10.9. The third-order valence-corrected chi connectivity index (χ3v) is 3.09. The van der Waals surface area contributed by atoms with Crippen LogP contribution in [-0.4, -0.2) is 5.78 Å². The van der Waals surface area contributed by atoms with Crippen molar-refractivity contribution in [2.45, 2.75) is 26.4 Å². The molecule has 0 amide bonds. The van der Waals surface area contributed by atoms with Gasteiger partial charge in [-0.3, -0.25) is 0 Å². The number of rotatable bonds is 6. The predicted octanol–water partition coefficient (Wildman–Crippen LogP) is 4.07. The lowest BCUT2D eigenvalue weighted by molar-refractivity contribution is -0.116. The Morgan fingerprint density at radius 3 is 2.48 bits per heavy atom. The molecule has 0 fully saturated rings. The molecule has 0 aliphatic heterocycles. The number of Topliss-reactive ketones (excluding diaryl/α,β-unsaturated/α-hetero) is 1. The largest absolute Gasteiger partial charge is 0.489 e. The van der Waals surface area contributed by atoms with E-state index in [0.29, 0.717) is 18.6 Å². The van der Waals surface area contributed by atoms with Crippen molar-refractivity contribution in [3.63, 3.8) is 0 Å². The molecular weight excluding hydrogens is 274 g/mol. The second-order valence-electron chi connectivity index (χ2n) is 4.87. The Morgan fingerprint density at radius 1 is 1.10 bits per heavy atom. The minimum Gasteiger partial charge on any atom is -0.489 e. The van der Waals surface area contributed by atoms with Crippen LogP contribution in [0.3, 0.4) is 0 Å². The Morgan fingerprint density at radius 2 is 1.81 bits per heavy atom. The van der Waals surface area contributed by atoms with Gasteiger partial charge in [0.2, 0.25) is 0 Å². The topological polar surface area (TPSA) is 26.3 Å². The van der Waals surface area contributed by atoms with Crippen molar-refractivity contribution in [3.05, 3.63) is 65.2 Å². The molecule has 0 spiro atoms. The molecule has 0 unspecified atom stereocenters. The number of benzene rings is 2. The monoisotopic (exact) mass is 290 g/mol. The summed E-state index contributed by atoms with van der Waals surface area (Å²) < 4.78 is 31.9. The van der Waals surface area contributed by atoms with Gasteiger partial charge in [0.1, 0.15) is 29.8 Å². The zero-order valence-electron chi connectivity index (χ0n) is 11.7. The van der Waals surface area contributed by atoms with Crippen molar-refractivity contribution in [2.24, 2.45) is 0 Å². The molecule has 21 heavy (non-hydrogen) atoms. The van der Waals surface area contributed by atoms with Gasteiger partial charge in [0, 0.05) is 12.0 Å². The van der Waals surface area contributed by atoms with E-state index >= 15 is 0 Å². The second-order valence-corrected chi connectivity index (χ2v) is 4.87. The maximum atomic E-state index is 13.4. The molecule has 0 saturated heterocycles. The molecule has 0 N–H and O–H groups in total. The summed E-state index contributed by atoms with van der Waals surface area (Å²) in [6, 6.07) is 10.5. The summed E-state index contributed by atoms with van der Waals surface area (Å²) in [5.74, 6) is -0.258. The van der Waals surface area contributed by atoms with Crippen LogP contribution in [-0.2, 0) is 17.8 Å². The van der Waals surface area contributed by atoms with E-state index in [4.69, 9.17) is 4.74 Å². The first kappa shape index (κ1) is 15.2. The molecule has 2 aromatic carbocycles. The van der Waals surface area contributed by atoms with Gasteiger partial charge in [-0.25, -0.2) is 8.78 Å². The summed E-state index contributed by atoms with van der Waals surface area (Å²) in [5.41, 5.74) is 1.21. The number of hydrogen-bond donors (Lipinski definition) is 0. The molecule has 0 aromatic heterocycles. The van der Waals surface area contributed by atoms with E-state index in [0.717, 1.165) is 23.8 Å². The summed E-state index contributed by atoms with van der Waals surface area (Å²) >= 11 is 0. The molecule has 0 heterocycles. The average Bonchev–Trinajstić information content (AvgIpc) is 2.47. The van der Waals surface area contributed by atoms with Crippen LogP contribution in [0.1, 0.15) is 24.5 Å². The minimum absolute atomic E-state index is 0.0314. The highest BCUT2D eigenvalue weighted by atomic mass is 19.1. The molecule has 2 aromatic rings. The highest BCUT2D eigenvalue weighted by molar-refractivity contribution is 5.75. The highest BCUT2D eigenvalue weighted by Gasteiger charge is 2.05. The fourth-order valence-electron chi connectivity index (χ4n) is 1.89. The standard InChI is InChI=1S/C17H16F2O2/c1-12(20)2-3-13-4-7-16(8-5-13)21-11-14-10-15(18)6-9-17(14)19/h4-10H,2-3,11H2,1H3. The number of ether oxygens (including phenoxy) is 1. The van der Waals surface area contributed by atoms with E-state index in [1.165, 1.54) is 0 Å². The van der Waals surface area contributed by atoms with Crippen LogP contribution in [0.15, 0.2) is 42.5 Å². The molecule has 2 nitrogen and oxygen atoms in total. The summed E-state index contributed by atoms with van der Waals surface area (Å²) in [5, 5.41) is 0. The molecule has 0 aliphatic rings. The Hall–Kier alpha value is -2.23. The van der Waals surface area contributed by atoms with Crippen LogP contribution in [0.25, 0.3) is 0 Å². The summed E-state index contributed by atoms with van der Waals surface area (Å²) in [7, 11) is 0. The fraction of sp³-hybridized carbons (Fsp3) is 0.235. The van der Waals surface area contributed by atoms with Crippen LogP contribution in [0, 0.1) is 11.6 Å². The van der Waals surface area contributed by atoms with E-state index in [-0.39, 0.29) is 18.0 Å². The maximum Gasteiger partial charge on any atom is 0.130 e. The van der Waals surface area contributed by atoms with Crippen molar-refractivity contribution in [1.82, 2.24) is 0 Å². The molecule has 4 heteroatoms. The second kappa shape index (κ2) is 6.97. The van der Waals surface area contributed by atoms with Gasteiger partial charge in [-0.05, 0) is 49.2 Å². The smallest absolute Gasteiger partial charge is 0.130 e. The van der Waals surface area contributed by atoms with Gasteiger partial charge in [-0.1, -0.05) is 12.1 Å². The first-order chi connectivity index (χ1) is 10.0. The third kappa shape index (κ3) is 4.67. The number of hydrogen-bond acceptors (Lipinski definition) is 2. The lowest BCUT2D eigenvalue weighted by Gasteiger charge is -2.08. The molecule has 0 bridgehead atoms. The number of halogens is 2. The average molecular weight is 290 g/mol. The molecular formula is C17H16F2O2. The van der Waals surface area contributed by atoms with Crippen molar-refractivity contribution in [2.75, 3.05) is 0 Å². The quantitative estimate of drug-likeness (QED) is 0.801. The van der Waals surface area contributed by atoms with Crippen LogP contribution in [0.5, 0.6) is 5.75 Å². The van der Waals surface area contributed by atoms with Gasteiger partial charge < -0.3 is 9.53 Å². The van der Waals surface area contributed by atoms with E-state index in [2.05, 4.69) is 0 Å². The SMILES string of the molecule is CC(=O)CCc1ccc(OCc2cc(F)ccc2F)cc1. The molecule has 0 radical (unpaired) electrons. The Kier molecular flexibility index (Phi) is 5.04. The normalized spacial score (nSPS) is 10.4. The van der Waals surface area contributed by atoms with E-state index < -0.39 is 11.6 Å². The highest BCUT2D eigenvalue weighted by Crippen LogP contribution is 2.17. The van der Waals surface area contributed by atoms with Crippen molar-refractivity contribution < 1.29 is 18.3 Å². The van der Waals surface area contributed by atoms with E-state index in [1.807, 2.05) is 12.1 Å². The van der Waals surface area contributed by atoms with Crippen LogP contribution >= 0.6 is 0 Å². The van der Waals surface area contributed by atoms with Gasteiger partial charge in [0.15, 0.2) is 0 Å². The Balaban J connectivity index is 1.94. The minimum atomic E-state index is -0.491. The Bertz CT molecular complexity index is 621. The van der Waals surface area contributed by atoms with Gasteiger partial charge in [-0.15, -0.1) is 0 Å². The maximum absolute atomic E-state index is 13.4. The molecule has 0 aliphatic carbocycles. The van der Waals surface area contributed by atoms with Crippen LogP contribution in [0.4, 0.5) is 8.78 Å². The zero-order chi connectivity index (χ0) is 15.2. The first-order valence-corrected chi connectivity index (χ1v) is 6.69. The van der Waals surface area contributed by atoms with Gasteiger partial charge in [0.25, 0.3) is 0 Å². The predicted molar refractivity (Wildman–Crippen MR) is 76.1 cm³/mol. The Labute approximate surface area is 122 Å². The van der Waals surface area contributed by atoms with Gasteiger partial charge in [0.05, 0.1) is 0 Å². The van der Waals surface area contributed by atoms with Crippen LogP contribution in [0.2, 0.25) is 0 Å². The number of carbonyl (C=O) groups excluding carboxylic acids is 1. The van der Waals surface area contributed by atoms with Crippen LogP contribution < -0.4 is 4.74 Å². The number of aryl methyl sites for hydroxylation is 1. The number of ketones is 1.